The van der Waals surface area contributed by atoms with Gasteiger partial charge in [-0.3, -0.25) is 0 Å². The Labute approximate surface area is 107 Å². The second-order valence-electron chi connectivity index (χ2n) is 6.45. The summed E-state index contributed by atoms with van der Waals surface area (Å²) in [6, 6.07) is 0. The van der Waals surface area contributed by atoms with Crippen molar-refractivity contribution in [1.29, 1.82) is 0 Å². The predicted molar refractivity (Wildman–Crippen MR) is 73.1 cm³/mol. The molecule has 2 saturated carbocycles. The summed E-state index contributed by atoms with van der Waals surface area (Å²) in [7, 11) is 1.85. The van der Waals surface area contributed by atoms with Gasteiger partial charge in [-0.1, -0.05) is 32.6 Å². The minimum absolute atomic E-state index is 0.732. The zero-order valence-corrected chi connectivity index (χ0v) is 11.8. The molecule has 0 aliphatic heterocycles. The lowest BCUT2D eigenvalue weighted by atomic mass is 9.59. The van der Waals surface area contributed by atoms with Crippen molar-refractivity contribution in [1.82, 2.24) is 0 Å². The molecule has 0 aromatic heterocycles. The zero-order valence-electron chi connectivity index (χ0n) is 11.8. The minimum Gasteiger partial charge on any atom is -0.384 e. The van der Waals surface area contributed by atoms with E-state index in [1.165, 1.54) is 64.2 Å². The maximum absolute atomic E-state index is 5.31. The van der Waals surface area contributed by atoms with Crippen molar-refractivity contribution < 1.29 is 4.74 Å². The van der Waals surface area contributed by atoms with Crippen molar-refractivity contribution in [3.05, 3.63) is 0 Å². The van der Waals surface area contributed by atoms with E-state index in [0.717, 1.165) is 23.9 Å². The lowest BCUT2D eigenvalue weighted by Gasteiger charge is -2.46. The summed E-state index contributed by atoms with van der Waals surface area (Å²) in [6.45, 7) is 3.43. The van der Waals surface area contributed by atoms with E-state index in [-0.39, 0.29) is 0 Å². The molecule has 17 heavy (non-hydrogen) atoms. The Balaban J connectivity index is 1.89. The van der Waals surface area contributed by atoms with E-state index in [4.69, 9.17) is 4.74 Å². The van der Waals surface area contributed by atoms with Crippen LogP contribution < -0.4 is 0 Å². The van der Waals surface area contributed by atoms with Crippen molar-refractivity contribution in [3.63, 3.8) is 0 Å². The average molecular weight is 238 g/mol. The third-order valence-corrected chi connectivity index (χ3v) is 5.67. The average Bonchev–Trinajstić information content (AvgIpc) is 2.41. The normalized spacial score (nSPS) is 33.5. The lowest BCUT2D eigenvalue weighted by Crippen LogP contribution is -2.35. The fourth-order valence-electron chi connectivity index (χ4n) is 4.48. The zero-order chi connectivity index (χ0) is 12.1. The second-order valence-corrected chi connectivity index (χ2v) is 6.45. The number of hydrogen-bond donors (Lipinski definition) is 0. The molecule has 0 radical (unpaired) electrons. The summed E-state index contributed by atoms with van der Waals surface area (Å²) < 4.78 is 5.31. The predicted octanol–water partition coefficient (Wildman–Crippen LogP) is 4.80. The van der Waals surface area contributed by atoms with Crippen LogP contribution in [0.4, 0.5) is 0 Å². The maximum Gasteiger partial charge on any atom is 0.0490 e. The van der Waals surface area contributed by atoms with Gasteiger partial charge in [-0.05, 0) is 55.8 Å². The SMILES string of the molecule is CCC1([C@H]2CC[C@H](COC)CC2)CCCCC1. The fraction of sp³-hybridized carbons (Fsp3) is 1.00. The van der Waals surface area contributed by atoms with Crippen LogP contribution in [0.5, 0.6) is 0 Å². The number of rotatable bonds is 4. The van der Waals surface area contributed by atoms with Crippen LogP contribution >= 0.6 is 0 Å². The molecule has 0 saturated heterocycles. The Morgan fingerprint density at radius 1 is 1.00 bits per heavy atom. The molecule has 1 heteroatoms. The molecule has 0 aromatic carbocycles. The Morgan fingerprint density at radius 3 is 2.18 bits per heavy atom. The highest BCUT2D eigenvalue weighted by molar-refractivity contribution is 4.90. The van der Waals surface area contributed by atoms with Gasteiger partial charge in [-0.2, -0.15) is 0 Å². The second kappa shape index (κ2) is 6.22. The van der Waals surface area contributed by atoms with Crippen LogP contribution in [0.1, 0.15) is 71.1 Å². The van der Waals surface area contributed by atoms with Crippen LogP contribution in [-0.2, 0) is 4.74 Å². The Morgan fingerprint density at radius 2 is 1.65 bits per heavy atom. The van der Waals surface area contributed by atoms with E-state index in [0.29, 0.717) is 0 Å². The molecular formula is C16H30O. The Hall–Kier alpha value is -0.0400. The van der Waals surface area contributed by atoms with Gasteiger partial charge in [-0.15, -0.1) is 0 Å². The van der Waals surface area contributed by atoms with Crippen LogP contribution in [0.15, 0.2) is 0 Å². The van der Waals surface area contributed by atoms with Crippen LogP contribution in [-0.4, -0.2) is 13.7 Å². The summed E-state index contributed by atoms with van der Waals surface area (Å²) in [4.78, 5) is 0. The third kappa shape index (κ3) is 3.05. The van der Waals surface area contributed by atoms with Gasteiger partial charge in [0.25, 0.3) is 0 Å². The van der Waals surface area contributed by atoms with E-state index in [1.807, 2.05) is 7.11 Å². The first-order valence-electron chi connectivity index (χ1n) is 7.79. The smallest absolute Gasteiger partial charge is 0.0490 e. The van der Waals surface area contributed by atoms with Gasteiger partial charge >= 0.3 is 0 Å². The van der Waals surface area contributed by atoms with E-state index in [9.17, 15) is 0 Å². The van der Waals surface area contributed by atoms with Crippen LogP contribution in [0.2, 0.25) is 0 Å². The maximum atomic E-state index is 5.31. The molecule has 2 aliphatic rings. The molecule has 100 valence electrons. The number of ether oxygens (including phenoxy) is 1. The summed E-state index contributed by atoms with van der Waals surface area (Å²) in [5.74, 6) is 1.88. The van der Waals surface area contributed by atoms with Gasteiger partial charge in [0.05, 0.1) is 0 Å². The molecule has 0 heterocycles. The summed E-state index contributed by atoms with van der Waals surface area (Å²) >= 11 is 0. The van der Waals surface area contributed by atoms with E-state index in [2.05, 4.69) is 6.92 Å². The standard InChI is InChI=1S/C16H30O/c1-3-16(11-5-4-6-12-16)15-9-7-14(8-10-15)13-17-2/h14-15H,3-13H2,1-2H3/t14-,15-. The molecule has 0 spiro atoms. The van der Waals surface area contributed by atoms with Crippen molar-refractivity contribution in [2.75, 3.05) is 13.7 Å². The highest BCUT2D eigenvalue weighted by Gasteiger charge is 2.39. The minimum atomic E-state index is 0.732. The van der Waals surface area contributed by atoms with Gasteiger partial charge in [0.15, 0.2) is 0 Å². The molecule has 1 nitrogen and oxygen atoms in total. The number of hydrogen-bond acceptors (Lipinski definition) is 1. The molecule has 0 amide bonds. The summed E-state index contributed by atoms with van der Waals surface area (Å²) in [6.07, 6.45) is 14.7. The molecule has 0 aromatic rings. The molecule has 2 rings (SSSR count). The topological polar surface area (TPSA) is 9.23 Å². The largest absolute Gasteiger partial charge is 0.384 e. The molecular weight excluding hydrogens is 208 g/mol. The molecule has 0 bridgehead atoms. The van der Waals surface area contributed by atoms with Crippen molar-refractivity contribution in [2.45, 2.75) is 71.1 Å². The number of methoxy groups -OCH3 is 1. The van der Waals surface area contributed by atoms with E-state index < -0.39 is 0 Å². The van der Waals surface area contributed by atoms with Gasteiger partial charge in [-0.25, -0.2) is 0 Å². The Kier molecular flexibility index (Phi) is 4.90. The summed E-state index contributed by atoms with van der Waals surface area (Å²) in [5.41, 5.74) is 0.732. The van der Waals surface area contributed by atoms with Gasteiger partial charge in [0, 0.05) is 13.7 Å². The van der Waals surface area contributed by atoms with E-state index >= 15 is 0 Å². The quantitative estimate of drug-likeness (QED) is 0.683. The first-order chi connectivity index (χ1) is 8.30. The first kappa shape index (κ1) is 13.4. The summed E-state index contributed by atoms with van der Waals surface area (Å²) in [5, 5.41) is 0. The van der Waals surface area contributed by atoms with E-state index in [1.54, 1.807) is 0 Å². The molecule has 0 unspecified atom stereocenters. The highest BCUT2D eigenvalue weighted by Crippen LogP contribution is 2.51. The van der Waals surface area contributed by atoms with Crippen molar-refractivity contribution in [3.8, 4) is 0 Å². The Bertz CT molecular complexity index is 210. The molecule has 0 atom stereocenters. The first-order valence-corrected chi connectivity index (χ1v) is 7.79. The third-order valence-electron chi connectivity index (χ3n) is 5.67. The molecule has 0 N–H and O–H groups in total. The molecule has 2 aliphatic carbocycles. The highest BCUT2D eigenvalue weighted by atomic mass is 16.5. The van der Waals surface area contributed by atoms with Gasteiger partial charge < -0.3 is 4.74 Å². The van der Waals surface area contributed by atoms with Crippen LogP contribution in [0.3, 0.4) is 0 Å². The molecule has 2 fully saturated rings. The lowest BCUT2D eigenvalue weighted by molar-refractivity contribution is 0.0354. The monoisotopic (exact) mass is 238 g/mol. The fourth-order valence-corrected chi connectivity index (χ4v) is 4.48. The van der Waals surface area contributed by atoms with Crippen molar-refractivity contribution >= 4 is 0 Å². The van der Waals surface area contributed by atoms with Crippen molar-refractivity contribution in [2.24, 2.45) is 17.3 Å². The van der Waals surface area contributed by atoms with Gasteiger partial charge in [0.2, 0.25) is 0 Å². The van der Waals surface area contributed by atoms with Gasteiger partial charge in [0.1, 0.15) is 0 Å². The van der Waals surface area contributed by atoms with Crippen LogP contribution in [0, 0.1) is 17.3 Å². The van der Waals surface area contributed by atoms with Crippen LogP contribution in [0.25, 0.3) is 0 Å².